The number of quaternary nitrogens is 1. The third kappa shape index (κ3) is 20.1. The number of Topliss-reactive ketones (excluding diaryl/α,β-unsaturated/α-hetero) is 1. The monoisotopic (exact) mass is 384 g/mol. The molecule has 0 aliphatic rings. The summed E-state index contributed by atoms with van der Waals surface area (Å²) in [7, 11) is 4.17. The molecule has 0 rings (SSSR count). The number of rotatable bonds is 21. The number of aliphatic hydroxyl groups is 1. The summed E-state index contributed by atoms with van der Waals surface area (Å²) in [6.45, 7) is 3.98. The van der Waals surface area contributed by atoms with Gasteiger partial charge in [-0.1, -0.05) is 96.8 Å². The molecule has 3 nitrogen and oxygen atoms in total. The summed E-state index contributed by atoms with van der Waals surface area (Å²) in [6, 6.07) is 0. The average Bonchev–Trinajstić information content (AvgIpc) is 2.63. The summed E-state index contributed by atoms with van der Waals surface area (Å²) in [5, 5.41) is 8.92. The highest BCUT2D eigenvalue weighted by Crippen LogP contribution is 2.14. The predicted octanol–water partition coefficient (Wildman–Crippen LogP) is 6.28. The Morgan fingerprint density at radius 2 is 1.07 bits per heavy atom. The topological polar surface area (TPSA) is 37.3 Å². The first-order valence-electron chi connectivity index (χ1n) is 12.0. The molecule has 0 spiro atoms. The Morgan fingerprint density at radius 1 is 0.667 bits per heavy atom. The number of unbranched alkanes of at least 4 members (excludes halogenated alkanes) is 14. The molecule has 0 aliphatic heterocycles. The Balaban J connectivity index is 3.29. The van der Waals surface area contributed by atoms with E-state index < -0.39 is 0 Å². The summed E-state index contributed by atoms with van der Waals surface area (Å²) >= 11 is 0. The fourth-order valence-electron chi connectivity index (χ4n) is 3.83. The van der Waals surface area contributed by atoms with Gasteiger partial charge in [-0.25, -0.2) is 0 Å². The van der Waals surface area contributed by atoms with Crippen LogP contribution in [0, 0.1) is 0 Å². The molecule has 0 radical (unpaired) electrons. The molecule has 0 amide bonds. The smallest absolute Gasteiger partial charge is 0.186 e. The van der Waals surface area contributed by atoms with Crippen LogP contribution in [0.5, 0.6) is 0 Å². The maximum atomic E-state index is 12.1. The SMILES string of the molecule is CCCCCCCCCCCCCCCCCC(=O)C[N+](C)(C)CCCO. The minimum absolute atomic E-state index is 0.217. The third-order valence-corrected chi connectivity index (χ3v) is 5.59. The van der Waals surface area contributed by atoms with Crippen molar-refractivity contribution < 1.29 is 14.4 Å². The van der Waals surface area contributed by atoms with E-state index in [-0.39, 0.29) is 6.61 Å². The van der Waals surface area contributed by atoms with Crippen LogP contribution in [0.3, 0.4) is 0 Å². The van der Waals surface area contributed by atoms with Gasteiger partial charge in [0.15, 0.2) is 5.78 Å². The number of ketones is 1. The molecule has 162 valence electrons. The van der Waals surface area contributed by atoms with E-state index in [1.165, 1.54) is 89.9 Å². The Morgan fingerprint density at radius 3 is 1.48 bits per heavy atom. The van der Waals surface area contributed by atoms with E-state index in [1.54, 1.807) is 0 Å². The summed E-state index contributed by atoms with van der Waals surface area (Å²) in [6.07, 6.45) is 21.9. The molecule has 0 aliphatic carbocycles. The molecule has 3 heteroatoms. The predicted molar refractivity (Wildman–Crippen MR) is 118 cm³/mol. The number of likely N-dealkylation sites (N-methyl/N-ethyl adjacent to an activating group) is 1. The van der Waals surface area contributed by atoms with Crippen LogP contribution in [0.4, 0.5) is 0 Å². The standard InChI is InChI=1S/C24H50NO2/c1-4-5-6-7-8-9-10-11-12-13-14-15-16-17-18-20-24(27)23-25(2,3)21-19-22-26/h26H,4-23H2,1-3H3/q+1. The molecule has 0 saturated carbocycles. The van der Waals surface area contributed by atoms with E-state index in [2.05, 4.69) is 21.0 Å². The Labute approximate surface area is 170 Å². The van der Waals surface area contributed by atoms with Crippen molar-refractivity contribution in [1.29, 1.82) is 0 Å². The Bertz CT molecular complexity index is 328. The lowest BCUT2D eigenvalue weighted by atomic mass is 10.0. The van der Waals surface area contributed by atoms with E-state index in [1.807, 2.05) is 0 Å². The normalized spacial score (nSPS) is 11.9. The first-order valence-corrected chi connectivity index (χ1v) is 12.0. The highest BCUT2D eigenvalue weighted by molar-refractivity contribution is 5.79. The van der Waals surface area contributed by atoms with Crippen LogP contribution in [-0.4, -0.2) is 49.2 Å². The van der Waals surface area contributed by atoms with Gasteiger partial charge in [-0.15, -0.1) is 0 Å². The van der Waals surface area contributed by atoms with Gasteiger partial charge in [0.25, 0.3) is 0 Å². The summed E-state index contributed by atoms with van der Waals surface area (Å²) in [5.41, 5.74) is 0. The zero-order chi connectivity index (χ0) is 20.2. The zero-order valence-corrected chi connectivity index (χ0v) is 18.9. The average molecular weight is 385 g/mol. The van der Waals surface area contributed by atoms with Gasteiger partial charge < -0.3 is 9.59 Å². The van der Waals surface area contributed by atoms with Crippen molar-refractivity contribution in [2.75, 3.05) is 33.8 Å². The van der Waals surface area contributed by atoms with E-state index in [0.29, 0.717) is 16.8 Å². The van der Waals surface area contributed by atoms with Crippen LogP contribution in [0.1, 0.15) is 116 Å². The van der Waals surface area contributed by atoms with Crippen molar-refractivity contribution in [3.05, 3.63) is 0 Å². The highest BCUT2D eigenvalue weighted by Gasteiger charge is 2.18. The van der Waals surface area contributed by atoms with Gasteiger partial charge in [-0.3, -0.25) is 4.79 Å². The van der Waals surface area contributed by atoms with Crippen LogP contribution in [0.25, 0.3) is 0 Å². The quantitative estimate of drug-likeness (QED) is 0.187. The molecular weight excluding hydrogens is 334 g/mol. The minimum atomic E-state index is 0.217. The van der Waals surface area contributed by atoms with Crippen molar-refractivity contribution in [2.45, 2.75) is 116 Å². The summed E-state index contributed by atoms with van der Waals surface area (Å²) in [4.78, 5) is 12.1. The van der Waals surface area contributed by atoms with Crippen molar-refractivity contribution in [3.63, 3.8) is 0 Å². The number of carbonyl (C=O) groups is 1. The molecule has 0 aromatic carbocycles. The van der Waals surface area contributed by atoms with Gasteiger partial charge in [0, 0.05) is 19.4 Å². The number of aliphatic hydroxyl groups excluding tert-OH is 1. The second-order valence-corrected chi connectivity index (χ2v) is 9.13. The van der Waals surface area contributed by atoms with Crippen molar-refractivity contribution in [1.82, 2.24) is 0 Å². The Hall–Kier alpha value is -0.410. The molecule has 0 unspecified atom stereocenters. The van der Waals surface area contributed by atoms with E-state index in [9.17, 15) is 4.79 Å². The van der Waals surface area contributed by atoms with Crippen LogP contribution < -0.4 is 0 Å². The van der Waals surface area contributed by atoms with E-state index in [4.69, 9.17) is 5.11 Å². The molecule has 1 N–H and O–H groups in total. The molecule has 0 aromatic rings. The van der Waals surface area contributed by atoms with Gasteiger partial charge in [0.1, 0.15) is 6.54 Å². The second-order valence-electron chi connectivity index (χ2n) is 9.13. The van der Waals surface area contributed by atoms with Gasteiger partial charge in [0.05, 0.1) is 20.6 Å². The van der Waals surface area contributed by atoms with Crippen LogP contribution >= 0.6 is 0 Å². The zero-order valence-electron chi connectivity index (χ0n) is 18.9. The number of carbonyl (C=O) groups excluding carboxylic acids is 1. The molecule has 27 heavy (non-hydrogen) atoms. The molecule has 0 saturated heterocycles. The number of nitrogens with zero attached hydrogens (tertiary/aromatic N) is 1. The number of hydrogen-bond acceptors (Lipinski definition) is 2. The number of hydrogen-bond donors (Lipinski definition) is 1. The largest absolute Gasteiger partial charge is 0.396 e. The summed E-state index contributed by atoms with van der Waals surface area (Å²) < 4.78 is 0.706. The molecule has 0 fully saturated rings. The van der Waals surface area contributed by atoms with Gasteiger partial charge in [0.2, 0.25) is 0 Å². The first kappa shape index (κ1) is 26.6. The van der Waals surface area contributed by atoms with Crippen LogP contribution in [-0.2, 0) is 4.79 Å². The fraction of sp³-hybridized carbons (Fsp3) is 0.958. The minimum Gasteiger partial charge on any atom is -0.396 e. The van der Waals surface area contributed by atoms with Crippen molar-refractivity contribution in [2.24, 2.45) is 0 Å². The molecule has 0 heterocycles. The highest BCUT2D eigenvalue weighted by atomic mass is 16.3. The van der Waals surface area contributed by atoms with Crippen molar-refractivity contribution in [3.8, 4) is 0 Å². The maximum Gasteiger partial charge on any atom is 0.186 e. The maximum absolute atomic E-state index is 12.1. The van der Waals surface area contributed by atoms with Gasteiger partial charge >= 0.3 is 0 Å². The molecule has 0 bridgehead atoms. The van der Waals surface area contributed by atoms with Gasteiger partial charge in [-0.2, -0.15) is 0 Å². The van der Waals surface area contributed by atoms with Crippen LogP contribution in [0.2, 0.25) is 0 Å². The second kappa shape index (κ2) is 18.9. The molecular formula is C24H50NO2+. The lowest BCUT2D eigenvalue weighted by Gasteiger charge is -2.28. The Kier molecular flexibility index (Phi) is 18.6. The van der Waals surface area contributed by atoms with E-state index in [0.717, 1.165) is 25.8 Å². The molecule has 0 aromatic heterocycles. The lowest BCUT2D eigenvalue weighted by molar-refractivity contribution is -0.882. The van der Waals surface area contributed by atoms with E-state index >= 15 is 0 Å². The third-order valence-electron chi connectivity index (χ3n) is 5.59. The lowest BCUT2D eigenvalue weighted by Crippen LogP contribution is -2.44. The fourth-order valence-corrected chi connectivity index (χ4v) is 3.83. The van der Waals surface area contributed by atoms with Crippen molar-refractivity contribution >= 4 is 5.78 Å². The van der Waals surface area contributed by atoms with Gasteiger partial charge in [-0.05, 0) is 6.42 Å². The summed E-state index contributed by atoms with van der Waals surface area (Å²) in [5.74, 6) is 0.382. The molecule has 0 atom stereocenters. The first-order chi connectivity index (χ1) is 13.0. The van der Waals surface area contributed by atoms with Crippen LogP contribution in [0.15, 0.2) is 0 Å².